The second kappa shape index (κ2) is 4.65. The van der Waals surface area contributed by atoms with E-state index >= 15 is 0 Å². The van der Waals surface area contributed by atoms with E-state index in [2.05, 4.69) is 5.32 Å². The Morgan fingerprint density at radius 2 is 1.93 bits per heavy atom. The van der Waals surface area contributed by atoms with Gasteiger partial charge in [-0.2, -0.15) is 0 Å². The Bertz CT molecular complexity index is 344. The van der Waals surface area contributed by atoms with E-state index < -0.39 is 11.9 Å². The van der Waals surface area contributed by atoms with Crippen LogP contribution < -0.4 is 5.32 Å². The fourth-order valence-corrected chi connectivity index (χ4v) is 1.10. The van der Waals surface area contributed by atoms with Gasteiger partial charge < -0.3 is 20.6 Å². The number of phenols is 2. The zero-order chi connectivity index (χ0) is 11.4. The lowest BCUT2D eigenvalue weighted by molar-refractivity contribution is 0.0917. The van der Waals surface area contributed by atoms with Crippen molar-refractivity contribution in [2.45, 2.75) is 13.0 Å². The van der Waals surface area contributed by atoms with E-state index in [1.165, 1.54) is 18.2 Å². The number of phenolic OH excluding ortho intramolecular Hbond substituents is 2. The Hall–Kier alpha value is -1.75. The number of aliphatic hydroxyl groups excluding tert-OH is 1. The van der Waals surface area contributed by atoms with Crippen molar-refractivity contribution in [1.29, 1.82) is 0 Å². The molecule has 0 fully saturated rings. The molecule has 1 atom stereocenters. The Balaban J connectivity index is 2.91. The van der Waals surface area contributed by atoms with Gasteiger partial charge in [-0.15, -0.1) is 0 Å². The highest BCUT2D eigenvalue weighted by Crippen LogP contribution is 2.25. The highest BCUT2D eigenvalue weighted by Gasteiger charge is 2.17. The van der Waals surface area contributed by atoms with Gasteiger partial charge in [0.05, 0.1) is 6.61 Å². The van der Waals surface area contributed by atoms with Gasteiger partial charge in [-0.1, -0.05) is 6.07 Å². The number of benzene rings is 1. The van der Waals surface area contributed by atoms with Crippen molar-refractivity contribution < 1.29 is 20.1 Å². The molecular formula is C10H13NO4. The molecule has 0 heterocycles. The van der Waals surface area contributed by atoms with Gasteiger partial charge in [0, 0.05) is 6.04 Å². The van der Waals surface area contributed by atoms with Crippen molar-refractivity contribution in [3.63, 3.8) is 0 Å². The summed E-state index contributed by atoms with van der Waals surface area (Å²) in [6.45, 7) is 1.40. The van der Waals surface area contributed by atoms with Gasteiger partial charge >= 0.3 is 0 Å². The van der Waals surface area contributed by atoms with Gasteiger partial charge in [-0.25, -0.2) is 0 Å². The normalized spacial score (nSPS) is 12.1. The summed E-state index contributed by atoms with van der Waals surface area (Å²) in [4.78, 5) is 11.5. The number of aromatic hydroxyl groups is 2. The molecule has 0 saturated carbocycles. The monoisotopic (exact) mass is 211 g/mol. The van der Waals surface area contributed by atoms with Crippen LogP contribution in [0.3, 0.4) is 0 Å². The molecule has 1 aromatic rings. The zero-order valence-electron chi connectivity index (χ0n) is 8.27. The Morgan fingerprint density at radius 1 is 1.40 bits per heavy atom. The van der Waals surface area contributed by atoms with Crippen LogP contribution >= 0.6 is 0 Å². The summed E-state index contributed by atoms with van der Waals surface area (Å²) in [7, 11) is 0. The third-order valence-electron chi connectivity index (χ3n) is 1.90. The summed E-state index contributed by atoms with van der Waals surface area (Å²) in [5, 5.41) is 29.9. The van der Waals surface area contributed by atoms with Crippen LogP contribution in [0.1, 0.15) is 17.3 Å². The molecule has 0 radical (unpaired) electrons. The SMILES string of the molecule is C[C@@H](CO)NC(=O)c1c(O)cccc1O. The van der Waals surface area contributed by atoms with Gasteiger partial charge in [0.15, 0.2) is 0 Å². The first-order valence-electron chi connectivity index (χ1n) is 4.49. The first-order chi connectivity index (χ1) is 7.06. The first-order valence-corrected chi connectivity index (χ1v) is 4.49. The third kappa shape index (κ3) is 2.60. The standard InChI is InChI=1S/C10H13NO4/c1-6(5-12)11-10(15)9-7(13)3-2-4-8(9)14/h2-4,6,12-14H,5H2,1H3,(H,11,15)/t6-/m0/s1. The van der Waals surface area contributed by atoms with Crippen LogP contribution in [0.5, 0.6) is 11.5 Å². The fraction of sp³-hybridized carbons (Fsp3) is 0.300. The lowest BCUT2D eigenvalue weighted by Gasteiger charge is -2.12. The maximum Gasteiger partial charge on any atom is 0.259 e. The molecule has 0 aliphatic carbocycles. The predicted octanol–water partition coefficient (Wildman–Crippen LogP) is 0.208. The Morgan fingerprint density at radius 3 is 2.40 bits per heavy atom. The number of nitrogens with one attached hydrogen (secondary N) is 1. The lowest BCUT2D eigenvalue weighted by atomic mass is 10.1. The molecule has 1 aromatic carbocycles. The van der Waals surface area contributed by atoms with Crippen LogP contribution in [0.2, 0.25) is 0 Å². The average Bonchev–Trinajstić information content (AvgIpc) is 2.17. The van der Waals surface area contributed by atoms with E-state index in [-0.39, 0.29) is 23.7 Å². The molecule has 0 unspecified atom stereocenters. The van der Waals surface area contributed by atoms with Gasteiger partial charge in [0.25, 0.3) is 5.91 Å². The second-order valence-electron chi connectivity index (χ2n) is 3.23. The molecule has 5 nitrogen and oxygen atoms in total. The van der Waals surface area contributed by atoms with E-state index in [0.717, 1.165) is 0 Å². The minimum atomic E-state index is -0.618. The molecule has 82 valence electrons. The van der Waals surface area contributed by atoms with E-state index in [0.29, 0.717) is 0 Å². The number of carbonyl (C=O) groups excluding carboxylic acids is 1. The topological polar surface area (TPSA) is 89.8 Å². The minimum Gasteiger partial charge on any atom is -0.507 e. The van der Waals surface area contributed by atoms with Crippen molar-refractivity contribution >= 4 is 5.91 Å². The molecule has 0 aromatic heterocycles. The van der Waals surface area contributed by atoms with Crippen LogP contribution in [0.4, 0.5) is 0 Å². The smallest absolute Gasteiger partial charge is 0.259 e. The average molecular weight is 211 g/mol. The Kier molecular flexibility index (Phi) is 3.51. The lowest BCUT2D eigenvalue weighted by Crippen LogP contribution is -2.35. The number of aliphatic hydroxyl groups is 1. The van der Waals surface area contributed by atoms with Crippen molar-refractivity contribution in [3.05, 3.63) is 23.8 Å². The number of hydrogen-bond donors (Lipinski definition) is 4. The van der Waals surface area contributed by atoms with Crippen LogP contribution in [0, 0.1) is 0 Å². The summed E-state index contributed by atoms with van der Waals surface area (Å²) >= 11 is 0. The zero-order valence-corrected chi connectivity index (χ0v) is 8.27. The molecule has 5 heteroatoms. The van der Waals surface area contributed by atoms with Gasteiger partial charge in [-0.05, 0) is 19.1 Å². The quantitative estimate of drug-likeness (QED) is 0.575. The van der Waals surface area contributed by atoms with E-state index in [9.17, 15) is 15.0 Å². The van der Waals surface area contributed by atoms with Crippen LogP contribution in [0.25, 0.3) is 0 Å². The number of hydrogen-bond acceptors (Lipinski definition) is 4. The molecule has 1 rings (SSSR count). The molecule has 0 spiro atoms. The van der Waals surface area contributed by atoms with Gasteiger partial charge in [0.1, 0.15) is 17.1 Å². The highest BCUT2D eigenvalue weighted by atomic mass is 16.3. The fourth-order valence-electron chi connectivity index (χ4n) is 1.10. The summed E-state index contributed by atoms with van der Waals surface area (Å²) in [5.74, 6) is -1.21. The predicted molar refractivity (Wildman–Crippen MR) is 53.8 cm³/mol. The second-order valence-corrected chi connectivity index (χ2v) is 3.23. The van der Waals surface area contributed by atoms with Crippen molar-refractivity contribution in [1.82, 2.24) is 5.32 Å². The number of amides is 1. The molecule has 15 heavy (non-hydrogen) atoms. The van der Waals surface area contributed by atoms with E-state index in [1.807, 2.05) is 0 Å². The van der Waals surface area contributed by atoms with Crippen molar-refractivity contribution in [2.75, 3.05) is 6.61 Å². The summed E-state index contributed by atoms with van der Waals surface area (Å²) < 4.78 is 0. The molecule has 0 aliphatic rings. The molecule has 0 bridgehead atoms. The maximum atomic E-state index is 11.5. The maximum absolute atomic E-state index is 11.5. The van der Waals surface area contributed by atoms with Crippen LogP contribution in [-0.2, 0) is 0 Å². The third-order valence-corrected chi connectivity index (χ3v) is 1.90. The van der Waals surface area contributed by atoms with Gasteiger partial charge in [0.2, 0.25) is 0 Å². The van der Waals surface area contributed by atoms with E-state index in [1.54, 1.807) is 6.92 Å². The van der Waals surface area contributed by atoms with Crippen molar-refractivity contribution in [3.8, 4) is 11.5 Å². The minimum absolute atomic E-state index is 0.183. The molecular weight excluding hydrogens is 198 g/mol. The van der Waals surface area contributed by atoms with Crippen LogP contribution in [0.15, 0.2) is 18.2 Å². The largest absolute Gasteiger partial charge is 0.507 e. The Labute approximate surface area is 87.0 Å². The number of rotatable bonds is 3. The first kappa shape index (κ1) is 11.3. The summed E-state index contributed by atoms with van der Waals surface area (Å²) in [5.41, 5.74) is -0.183. The van der Waals surface area contributed by atoms with Gasteiger partial charge in [-0.3, -0.25) is 4.79 Å². The summed E-state index contributed by atoms with van der Waals surface area (Å²) in [6.07, 6.45) is 0. The van der Waals surface area contributed by atoms with Crippen molar-refractivity contribution in [2.24, 2.45) is 0 Å². The molecule has 0 aliphatic heterocycles. The number of carbonyl (C=O) groups is 1. The molecule has 0 saturated heterocycles. The van der Waals surface area contributed by atoms with E-state index in [4.69, 9.17) is 5.11 Å². The highest BCUT2D eigenvalue weighted by molar-refractivity contribution is 5.99. The molecule has 1 amide bonds. The molecule has 4 N–H and O–H groups in total. The summed E-state index contributed by atoms with van der Waals surface area (Å²) in [6, 6.07) is 3.60. The van der Waals surface area contributed by atoms with Crippen LogP contribution in [-0.4, -0.2) is 33.9 Å².